The monoisotopic (exact) mass is 266 g/mol. The molecule has 1 heterocycles. The van der Waals surface area contributed by atoms with E-state index in [9.17, 15) is 4.79 Å². The standard InChI is InChI=1S/C12H11ClN2OS/c1-15(12-14-11(7-16)8-17-12)6-9-2-4-10(13)5-3-9/h2-5,7-8H,6H2,1H3. The molecule has 0 radical (unpaired) electrons. The molecule has 1 aromatic carbocycles. The molecule has 0 unspecified atom stereocenters. The highest BCUT2D eigenvalue weighted by atomic mass is 35.5. The maximum absolute atomic E-state index is 10.5. The SMILES string of the molecule is CN(Cc1ccc(Cl)cc1)c1nc(C=O)cs1. The summed E-state index contributed by atoms with van der Waals surface area (Å²) in [5, 5.41) is 3.32. The van der Waals surface area contributed by atoms with Crippen molar-refractivity contribution in [3.63, 3.8) is 0 Å². The molecule has 0 aliphatic heterocycles. The van der Waals surface area contributed by atoms with Crippen LogP contribution < -0.4 is 4.90 Å². The van der Waals surface area contributed by atoms with E-state index in [4.69, 9.17) is 11.6 Å². The van der Waals surface area contributed by atoms with Crippen molar-refractivity contribution >= 4 is 34.4 Å². The van der Waals surface area contributed by atoms with Crippen LogP contribution in [-0.4, -0.2) is 18.3 Å². The maximum atomic E-state index is 10.5. The van der Waals surface area contributed by atoms with Crippen molar-refractivity contribution in [1.82, 2.24) is 4.98 Å². The van der Waals surface area contributed by atoms with Gasteiger partial charge in [0.15, 0.2) is 11.4 Å². The van der Waals surface area contributed by atoms with E-state index in [0.717, 1.165) is 28.5 Å². The lowest BCUT2D eigenvalue weighted by Gasteiger charge is -2.15. The Hall–Kier alpha value is -1.39. The molecule has 0 saturated carbocycles. The molecule has 0 N–H and O–H groups in total. The number of benzene rings is 1. The topological polar surface area (TPSA) is 33.2 Å². The second-order valence-electron chi connectivity index (χ2n) is 3.66. The van der Waals surface area contributed by atoms with E-state index in [1.165, 1.54) is 11.3 Å². The summed E-state index contributed by atoms with van der Waals surface area (Å²) < 4.78 is 0. The molecule has 1 aromatic heterocycles. The number of aromatic nitrogens is 1. The van der Waals surface area contributed by atoms with Gasteiger partial charge in [0.1, 0.15) is 5.69 Å². The first-order valence-corrected chi connectivity index (χ1v) is 6.31. The first kappa shape index (κ1) is 12.1. The van der Waals surface area contributed by atoms with E-state index in [0.29, 0.717) is 5.69 Å². The van der Waals surface area contributed by atoms with E-state index in [1.807, 2.05) is 36.2 Å². The van der Waals surface area contributed by atoms with Gasteiger partial charge in [0.25, 0.3) is 0 Å². The molecule has 0 saturated heterocycles. The molecule has 2 aromatic rings. The average molecular weight is 267 g/mol. The summed E-state index contributed by atoms with van der Waals surface area (Å²) in [5.74, 6) is 0. The van der Waals surface area contributed by atoms with Gasteiger partial charge in [0.2, 0.25) is 0 Å². The number of anilines is 1. The van der Waals surface area contributed by atoms with Crippen LogP contribution in [0.2, 0.25) is 5.02 Å². The quantitative estimate of drug-likeness (QED) is 0.797. The van der Waals surface area contributed by atoms with Gasteiger partial charge in [-0.25, -0.2) is 4.98 Å². The van der Waals surface area contributed by atoms with E-state index >= 15 is 0 Å². The molecular weight excluding hydrogens is 256 g/mol. The van der Waals surface area contributed by atoms with E-state index in [2.05, 4.69) is 4.98 Å². The average Bonchev–Trinajstić information content (AvgIpc) is 2.81. The second kappa shape index (κ2) is 5.29. The lowest BCUT2D eigenvalue weighted by Crippen LogP contribution is -2.16. The number of hydrogen-bond acceptors (Lipinski definition) is 4. The Morgan fingerprint density at radius 3 is 2.71 bits per heavy atom. The van der Waals surface area contributed by atoms with E-state index < -0.39 is 0 Å². The summed E-state index contributed by atoms with van der Waals surface area (Å²) in [6, 6.07) is 7.69. The molecular formula is C12H11ClN2OS. The Kier molecular flexibility index (Phi) is 3.76. The molecule has 0 amide bonds. The molecule has 0 aliphatic rings. The van der Waals surface area contributed by atoms with Gasteiger partial charge >= 0.3 is 0 Å². The predicted molar refractivity (Wildman–Crippen MR) is 71.1 cm³/mol. The van der Waals surface area contributed by atoms with Gasteiger partial charge in [-0.3, -0.25) is 4.79 Å². The molecule has 0 fully saturated rings. The summed E-state index contributed by atoms with van der Waals surface area (Å²) in [5.41, 5.74) is 1.63. The fourth-order valence-electron chi connectivity index (χ4n) is 1.44. The van der Waals surface area contributed by atoms with Crippen LogP contribution in [0.3, 0.4) is 0 Å². The summed E-state index contributed by atoms with van der Waals surface area (Å²) >= 11 is 7.29. The Balaban J connectivity index is 2.08. The number of thiazole rings is 1. The molecule has 0 aliphatic carbocycles. The number of carbonyl (C=O) groups excluding carboxylic acids is 1. The molecule has 0 bridgehead atoms. The molecule has 3 nitrogen and oxygen atoms in total. The van der Waals surface area contributed by atoms with Crippen LogP contribution in [0.25, 0.3) is 0 Å². The van der Waals surface area contributed by atoms with E-state index in [-0.39, 0.29) is 0 Å². The van der Waals surface area contributed by atoms with Crippen LogP contribution in [0.15, 0.2) is 29.6 Å². The van der Waals surface area contributed by atoms with Crippen molar-refractivity contribution in [1.29, 1.82) is 0 Å². The van der Waals surface area contributed by atoms with Crippen LogP contribution in [-0.2, 0) is 6.54 Å². The number of hydrogen-bond donors (Lipinski definition) is 0. The largest absolute Gasteiger partial charge is 0.347 e. The van der Waals surface area contributed by atoms with Crippen molar-refractivity contribution < 1.29 is 4.79 Å². The fourth-order valence-corrected chi connectivity index (χ4v) is 2.30. The molecule has 2 rings (SSSR count). The van der Waals surface area contributed by atoms with Crippen molar-refractivity contribution in [2.45, 2.75) is 6.54 Å². The van der Waals surface area contributed by atoms with Crippen LogP contribution >= 0.6 is 22.9 Å². The third-order valence-electron chi connectivity index (χ3n) is 2.29. The van der Waals surface area contributed by atoms with Gasteiger partial charge in [0, 0.05) is 24.0 Å². The zero-order chi connectivity index (χ0) is 12.3. The lowest BCUT2D eigenvalue weighted by atomic mass is 10.2. The minimum Gasteiger partial charge on any atom is -0.347 e. The lowest BCUT2D eigenvalue weighted by molar-refractivity contribution is 0.111. The van der Waals surface area contributed by atoms with Crippen molar-refractivity contribution in [2.24, 2.45) is 0 Å². The van der Waals surface area contributed by atoms with Crippen LogP contribution in [0, 0.1) is 0 Å². The number of halogens is 1. The third-order valence-corrected chi connectivity index (χ3v) is 3.52. The Morgan fingerprint density at radius 1 is 1.41 bits per heavy atom. The molecule has 88 valence electrons. The predicted octanol–water partition coefficient (Wildman–Crippen LogP) is 3.25. The van der Waals surface area contributed by atoms with E-state index in [1.54, 1.807) is 5.38 Å². The van der Waals surface area contributed by atoms with Gasteiger partial charge < -0.3 is 4.90 Å². The van der Waals surface area contributed by atoms with Crippen molar-refractivity contribution in [2.75, 3.05) is 11.9 Å². The van der Waals surface area contributed by atoms with Gasteiger partial charge in [-0.15, -0.1) is 11.3 Å². The zero-order valence-corrected chi connectivity index (χ0v) is 10.8. The van der Waals surface area contributed by atoms with Gasteiger partial charge in [-0.1, -0.05) is 23.7 Å². The second-order valence-corrected chi connectivity index (χ2v) is 4.93. The number of rotatable bonds is 4. The smallest absolute Gasteiger partial charge is 0.185 e. The number of aldehydes is 1. The minimum absolute atomic E-state index is 0.480. The summed E-state index contributed by atoms with van der Waals surface area (Å²) in [4.78, 5) is 16.7. The molecule has 0 spiro atoms. The molecule has 5 heteroatoms. The van der Waals surface area contributed by atoms with Crippen molar-refractivity contribution in [3.05, 3.63) is 45.9 Å². The summed E-state index contributed by atoms with van der Waals surface area (Å²) in [6.45, 7) is 0.739. The van der Waals surface area contributed by atoms with Gasteiger partial charge in [-0.2, -0.15) is 0 Å². The Morgan fingerprint density at radius 2 is 2.12 bits per heavy atom. The Bertz CT molecular complexity index is 509. The number of nitrogens with zero attached hydrogens (tertiary/aromatic N) is 2. The summed E-state index contributed by atoms with van der Waals surface area (Å²) in [6.07, 6.45) is 0.760. The first-order valence-electron chi connectivity index (χ1n) is 5.05. The normalized spacial score (nSPS) is 10.2. The molecule has 0 atom stereocenters. The minimum atomic E-state index is 0.480. The molecule has 17 heavy (non-hydrogen) atoms. The van der Waals surface area contributed by atoms with Crippen LogP contribution in [0.1, 0.15) is 16.1 Å². The highest BCUT2D eigenvalue weighted by molar-refractivity contribution is 7.13. The number of carbonyl (C=O) groups is 1. The summed E-state index contributed by atoms with van der Waals surface area (Å²) in [7, 11) is 1.95. The van der Waals surface area contributed by atoms with Crippen molar-refractivity contribution in [3.8, 4) is 0 Å². The van der Waals surface area contributed by atoms with Gasteiger partial charge in [-0.05, 0) is 17.7 Å². The van der Waals surface area contributed by atoms with Crippen LogP contribution in [0.5, 0.6) is 0 Å². The first-order chi connectivity index (χ1) is 8.19. The highest BCUT2D eigenvalue weighted by Crippen LogP contribution is 2.20. The Labute approximate surface area is 109 Å². The highest BCUT2D eigenvalue weighted by Gasteiger charge is 2.07. The maximum Gasteiger partial charge on any atom is 0.185 e. The van der Waals surface area contributed by atoms with Crippen LogP contribution in [0.4, 0.5) is 5.13 Å². The third kappa shape index (κ3) is 3.05. The fraction of sp³-hybridized carbons (Fsp3) is 0.167. The zero-order valence-electron chi connectivity index (χ0n) is 9.26. The van der Waals surface area contributed by atoms with Gasteiger partial charge in [0.05, 0.1) is 0 Å².